The maximum absolute atomic E-state index is 13.6. The number of amides is 3. The number of benzene rings is 2. The number of hydrogen-bond acceptors (Lipinski definition) is 7. The molecule has 0 aromatic heterocycles. The van der Waals surface area contributed by atoms with Crippen LogP contribution in [0.3, 0.4) is 0 Å². The van der Waals surface area contributed by atoms with Crippen molar-refractivity contribution in [3.63, 3.8) is 0 Å². The molecule has 240 valence electrons. The standard InChI is InChI=1S/C34H47N3O7/c1-9-21(4)30(27(43-8)18-28(38)39)37(7)29(20(2)3)31(40)35-32(41)34(5,6)36-33(42)44-19-26-24-16-12-10-14-22(24)23-15-11-13-17-25(23)26/h10-17,20-21,26-27,29-30H,9,18-19H2,1-8H3,(H,36,42)(H,38,39)(H,35,40,41). The van der Waals surface area contributed by atoms with Crippen LogP contribution in [0.1, 0.15) is 71.4 Å². The van der Waals surface area contributed by atoms with Gasteiger partial charge in [-0.1, -0.05) is 82.6 Å². The van der Waals surface area contributed by atoms with Gasteiger partial charge in [-0.2, -0.15) is 0 Å². The molecule has 0 heterocycles. The summed E-state index contributed by atoms with van der Waals surface area (Å²) in [6, 6.07) is 14.8. The number of methoxy groups -OCH3 is 1. The van der Waals surface area contributed by atoms with Gasteiger partial charge >= 0.3 is 12.1 Å². The maximum atomic E-state index is 13.6. The quantitative estimate of drug-likeness (QED) is 0.278. The summed E-state index contributed by atoms with van der Waals surface area (Å²) in [6.07, 6.45) is -0.927. The smallest absolute Gasteiger partial charge is 0.408 e. The van der Waals surface area contributed by atoms with E-state index >= 15 is 0 Å². The molecular weight excluding hydrogens is 562 g/mol. The molecule has 10 nitrogen and oxygen atoms in total. The maximum Gasteiger partial charge on any atom is 0.408 e. The molecule has 0 fully saturated rings. The third-order valence-corrected chi connectivity index (χ3v) is 8.66. The van der Waals surface area contributed by atoms with E-state index in [-0.39, 0.29) is 30.8 Å². The van der Waals surface area contributed by atoms with E-state index in [2.05, 4.69) is 10.6 Å². The minimum atomic E-state index is -1.47. The molecule has 44 heavy (non-hydrogen) atoms. The van der Waals surface area contributed by atoms with Crippen molar-refractivity contribution in [3.8, 4) is 11.1 Å². The van der Waals surface area contributed by atoms with Crippen molar-refractivity contribution in [1.82, 2.24) is 15.5 Å². The summed E-state index contributed by atoms with van der Waals surface area (Å²) in [7, 11) is 3.21. The first kappa shape index (κ1) is 34.7. The average Bonchev–Trinajstić information content (AvgIpc) is 3.28. The molecular formula is C34H47N3O7. The number of carbonyl (C=O) groups is 4. The third-order valence-electron chi connectivity index (χ3n) is 8.66. The molecule has 0 bridgehead atoms. The molecule has 0 radical (unpaired) electrons. The van der Waals surface area contributed by atoms with Gasteiger partial charge in [-0.25, -0.2) is 4.79 Å². The van der Waals surface area contributed by atoms with Gasteiger partial charge in [0.1, 0.15) is 12.1 Å². The van der Waals surface area contributed by atoms with E-state index in [1.54, 1.807) is 7.05 Å². The molecule has 2 aromatic carbocycles. The van der Waals surface area contributed by atoms with Gasteiger partial charge in [-0.15, -0.1) is 0 Å². The molecule has 3 rings (SSSR count). The molecule has 1 aliphatic carbocycles. The fraction of sp³-hybridized carbons (Fsp3) is 0.529. The molecule has 4 atom stereocenters. The number of rotatable bonds is 14. The Hall–Kier alpha value is -3.76. The Morgan fingerprint density at radius 3 is 2.00 bits per heavy atom. The number of carboxylic acid groups (broad SMARTS) is 1. The van der Waals surface area contributed by atoms with Gasteiger partial charge in [0, 0.05) is 19.1 Å². The predicted molar refractivity (Wildman–Crippen MR) is 168 cm³/mol. The number of carbonyl (C=O) groups excluding carboxylic acids is 3. The topological polar surface area (TPSA) is 134 Å². The van der Waals surface area contributed by atoms with E-state index in [9.17, 15) is 24.3 Å². The van der Waals surface area contributed by atoms with E-state index in [0.29, 0.717) is 0 Å². The minimum Gasteiger partial charge on any atom is -0.481 e. The molecule has 2 aromatic rings. The van der Waals surface area contributed by atoms with E-state index in [4.69, 9.17) is 9.47 Å². The van der Waals surface area contributed by atoms with Crippen LogP contribution in [-0.4, -0.2) is 78.4 Å². The molecule has 0 saturated heterocycles. The average molecular weight is 610 g/mol. The number of hydrogen-bond donors (Lipinski definition) is 3. The Bertz CT molecular complexity index is 1300. The zero-order valence-corrected chi connectivity index (χ0v) is 27.0. The second-order valence-electron chi connectivity index (χ2n) is 12.5. The SMILES string of the molecule is CCC(C)C(C(CC(=O)O)OC)N(C)C(C(=O)NC(=O)C(C)(C)NC(=O)OCC1c2ccccc2-c2ccccc21)C(C)C. The van der Waals surface area contributed by atoms with Gasteiger partial charge in [0.25, 0.3) is 5.91 Å². The lowest BCUT2D eigenvalue weighted by molar-refractivity contribution is -0.143. The van der Waals surface area contributed by atoms with Crippen LogP contribution in [-0.2, 0) is 23.9 Å². The fourth-order valence-corrected chi connectivity index (χ4v) is 6.22. The summed E-state index contributed by atoms with van der Waals surface area (Å²) in [6.45, 7) is 10.8. The lowest BCUT2D eigenvalue weighted by Crippen LogP contribution is -2.61. The highest BCUT2D eigenvalue weighted by Crippen LogP contribution is 2.44. The highest BCUT2D eigenvalue weighted by molar-refractivity contribution is 6.02. The number of imide groups is 1. The first-order chi connectivity index (χ1) is 20.7. The largest absolute Gasteiger partial charge is 0.481 e. The molecule has 3 amide bonds. The highest BCUT2D eigenvalue weighted by Gasteiger charge is 2.40. The van der Waals surface area contributed by atoms with Gasteiger partial charge in [0.05, 0.1) is 18.6 Å². The second-order valence-corrected chi connectivity index (χ2v) is 12.5. The van der Waals surface area contributed by atoms with Crippen LogP contribution in [0.2, 0.25) is 0 Å². The number of nitrogens with one attached hydrogen (secondary N) is 2. The van der Waals surface area contributed by atoms with Crippen LogP contribution in [0.25, 0.3) is 11.1 Å². The zero-order valence-electron chi connectivity index (χ0n) is 27.0. The van der Waals surface area contributed by atoms with Crippen LogP contribution in [0.15, 0.2) is 48.5 Å². The van der Waals surface area contributed by atoms with Crippen LogP contribution >= 0.6 is 0 Å². The lowest BCUT2D eigenvalue weighted by atomic mass is 9.88. The predicted octanol–water partition coefficient (Wildman–Crippen LogP) is 4.81. The Morgan fingerprint density at radius 2 is 1.52 bits per heavy atom. The molecule has 0 spiro atoms. The minimum absolute atomic E-state index is 0.000674. The lowest BCUT2D eigenvalue weighted by Gasteiger charge is -2.42. The Labute approximate surface area is 260 Å². The number of aliphatic carboxylic acids is 1. The number of carboxylic acids is 1. The van der Waals surface area contributed by atoms with E-state index in [1.807, 2.05) is 81.1 Å². The molecule has 4 unspecified atom stereocenters. The number of likely N-dealkylation sites (N-methyl/N-ethyl adjacent to an activating group) is 1. The molecule has 10 heteroatoms. The van der Waals surface area contributed by atoms with Gasteiger partial charge < -0.3 is 19.9 Å². The Kier molecular flexibility index (Phi) is 11.7. The summed E-state index contributed by atoms with van der Waals surface area (Å²) < 4.78 is 11.2. The van der Waals surface area contributed by atoms with E-state index < -0.39 is 47.6 Å². The second kappa shape index (κ2) is 14.8. The van der Waals surface area contributed by atoms with E-state index in [0.717, 1.165) is 28.7 Å². The Balaban J connectivity index is 1.68. The molecule has 0 saturated carbocycles. The van der Waals surface area contributed by atoms with Crippen molar-refractivity contribution >= 4 is 23.9 Å². The third kappa shape index (κ3) is 7.84. The van der Waals surface area contributed by atoms with Crippen molar-refractivity contribution in [2.75, 3.05) is 20.8 Å². The van der Waals surface area contributed by atoms with Crippen molar-refractivity contribution < 1.29 is 33.8 Å². The number of nitrogens with zero attached hydrogens (tertiary/aromatic N) is 1. The Morgan fingerprint density at radius 1 is 0.977 bits per heavy atom. The molecule has 1 aliphatic rings. The van der Waals surface area contributed by atoms with Gasteiger partial charge in [0.2, 0.25) is 5.91 Å². The van der Waals surface area contributed by atoms with Gasteiger partial charge in [-0.3, -0.25) is 24.6 Å². The summed E-state index contributed by atoms with van der Waals surface area (Å²) in [5.41, 5.74) is 2.89. The zero-order chi connectivity index (χ0) is 32.8. The fourth-order valence-electron chi connectivity index (χ4n) is 6.22. The highest BCUT2D eigenvalue weighted by atomic mass is 16.5. The normalized spacial score (nSPS) is 15.6. The number of fused-ring (bicyclic) bond motifs is 3. The molecule has 3 N–H and O–H groups in total. The molecule has 0 aliphatic heterocycles. The summed E-state index contributed by atoms with van der Waals surface area (Å²) in [5, 5.41) is 14.5. The van der Waals surface area contributed by atoms with Crippen LogP contribution in [0.4, 0.5) is 4.79 Å². The summed E-state index contributed by atoms with van der Waals surface area (Å²) in [5.74, 6) is -2.59. The van der Waals surface area contributed by atoms with E-state index in [1.165, 1.54) is 21.0 Å². The summed E-state index contributed by atoms with van der Waals surface area (Å²) in [4.78, 5) is 53.2. The van der Waals surface area contributed by atoms with Crippen molar-refractivity contribution in [1.29, 1.82) is 0 Å². The first-order valence-electron chi connectivity index (χ1n) is 15.2. The monoisotopic (exact) mass is 609 g/mol. The first-order valence-corrected chi connectivity index (χ1v) is 15.2. The van der Waals surface area contributed by atoms with Crippen molar-refractivity contribution in [3.05, 3.63) is 59.7 Å². The van der Waals surface area contributed by atoms with Crippen LogP contribution < -0.4 is 10.6 Å². The number of ether oxygens (including phenoxy) is 2. The number of alkyl carbamates (subject to hydrolysis) is 1. The van der Waals surface area contributed by atoms with Crippen LogP contribution in [0.5, 0.6) is 0 Å². The van der Waals surface area contributed by atoms with Gasteiger partial charge in [-0.05, 0) is 55.0 Å². The van der Waals surface area contributed by atoms with Crippen LogP contribution in [0, 0.1) is 11.8 Å². The summed E-state index contributed by atoms with van der Waals surface area (Å²) >= 11 is 0. The van der Waals surface area contributed by atoms with Gasteiger partial charge in [0.15, 0.2) is 0 Å². The van der Waals surface area contributed by atoms with Crippen molar-refractivity contribution in [2.24, 2.45) is 11.8 Å². The van der Waals surface area contributed by atoms with Crippen molar-refractivity contribution in [2.45, 2.75) is 84.0 Å².